The van der Waals surface area contributed by atoms with Gasteiger partial charge in [0.1, 0.15) is 11.9 Å². The zero-order valence-electron chi connectivity index (χ0n) is 19.5. The van der Waals surface area contributed by atoms with Gasteiger partial charge in [0, 0.05) is 34.0 Å². The summed E-state index contributed by atoms with van der Waals surface area (Å²) in [4.78, 5) is 19.2. The highest BCUT2D eigenvalue weighted by atomic mass is 35.5. The van der Waals surface area contributed by atoms with Gasteiger partial charge in [-0.1, -0.05) is 35.3 Å². The second-order valence-corrected chi connectivity index (χ2v) is 9.54. The fraction of sp³-hybridized carbons (Fsp3) is 0.308. The number of rotatable bonds is 6. The summed E-state index contributed by atoms with van der Waals surface area (Å²) < 4.78 is 19.9. The Morgan fingerprint density at radius 3 is 2.54 bits per heavy atom. The number of carbonyl (C=O) groups excluding carboxylic acids is 1. The molecule has 9 heteroatoms. The van der Waals surface area contributed by atoms with Crippen LogP contribution in [0, 0.1) is 5.82 Å². The van der Waals surface area contributed by atoms with Crippen LogP contribution in [0.25, 0.3) is 11.1 Å². The Morgan fingerprint density at radius 1 is 1.17 bits per heavy atom. The molecule has 1 amide bonds. The Hall–Kier alpha value is -2.87. The molecule has 184 valence electrons. The van der Waals surface area contributed by atoms with E-state index in [4.69, 9.17) is 33.7 Å². The quantitative estimate of drug-likeness (QED) is 0.408. The highest BCUT2D eigenvalue weighted by Gasteiger charge is 2.21. The van der Waals surface area contributed by atoms with Crippen LogP contribution in [0.1, 0.15) is 41.8 Å². The molecule has 0 radical (unpaired) electrons. The van der Waals surface area contributed by atoms with E-state index in [1.54, 1.807) is 31.3 Å². The third-order valence-electron chi connectivity index (χ3n) is 6.21. The molecule has 1 aliphatic rings. The van der Waals surface area contributed by atoms with Gasteiger partial charge in [-0.05, 0) is 75.8 Å². The number of anilines is 1. The number of hydrogen-bond acceptors (Lipinski definition) is 5. The standard InChI is InChI=1S/C26H27Cl2FN4O2/c1-15(23-20(27)7-8-21(29)24(23)28)35-22-13-18(14-31-25(22)30)16-3-5-17(6-4-16)26(34)32-19-9-11-33(2)12-10-19/h3-8,13-15,19H,9-12H2,1-2H3,(H2,30,31)(H,32,34). The van der Waals surface area contributed by atoms with Crippen LogP contribution in [0.3, 0.4) is 0 Å². The van der Waals surface area contributed by atoms with Gasteiger partial charge < -0.3 is 20.7 Å². The molecular formula is C26H27Cl2FN4O2. The van der Waals surface area contributed by atoms with Crippen LogP contribution in [0.15, 0.2) is 48.7 Å². The van der Waals surface area contributed by atoms with E-state index in [0.717, 1.165) is 37.1 Å². The number of nitrogen functional groups attached to an aromatic ring is 1. The predicted octanol–water partition coefficient (Wildman–Crippen LogP) is 5.74. The van der Waals surface area contributed by atoms with Crippen LogP contribution in [0.2, 0.25) is 10.0 Å². The van der Waals surface area contributed by atoms with Gasteiger partial charge in [-0.2, -0.15) is 0 Å². The van der Waals surface area contributed by atoms with Gasteiger partial charge in [0.2, 0.25) is 0 Å². The first kappa shape index (κ1) is 25.2. The van der Waals surface area contributed by atoms with Crippen LogP contribution in [0.4, 0.5) is 10.2 Å². The van der Waals surface area contributed by atoms with Crippen molar-refractivity contribution in [3.63, 3.8) is 0 Å². The molecule has 3 N–H and O–H groups in total. The zero-order chi connectivity index (χ0) is 25.1. The molecule has 3 aromatic rings. The van der Waals surface area contributed by atoms with Crippen molar-refractivity contribution in [3.05, 3.63) is 75.7 Å². The zero-order valence-corrected chi connectivity index (χ0v) is 21.0. The SMILES string of the molecule is CC(Oc1cc(-c2ccc(C(=O)NC3CCN(C)CC3)cc2)cnc1N)c1c(Cl)ccc(F)c1Cl. The second-order valence-electron chi connectivity index (χ2n) is 8.75. The molecule has 6 nitrogen and oxygen atoms in total. The molecule has 35 heavy (non-hydrogen) atoms. The molecule has 1 atom stereocenters. The molecule has 2 aromatic carbocycles. The molecule has 1 saturated heterocycles. The van der Waals surface area contributed by atoms with Gasteiger partial charge in [0.15, 0.2) is 11.6 Å². The Kier molecular flexibility index (Phi) is 7.79. The van der Waals surface area contributed by atoms with Crippen LogP contribution in [-0.2, 0) is 0 Å². The minimum absolute atomic E-state index is 0.0803. The normalized spacial score (nSPS) is 15.6. The number of piperidine rings is 1. The summed E-state index contributed by atoms with van der Waals surface area (Å²) in [6, 6.07) is 11.8. The Labute approximate surface area is 214 Å². The van der Waals surface area contributed by atoms with Crippen molar-refractivity contribution < 1.29 is 13.9 Å². The maximum absolute atomic E-state index is 13.9. The molecule has 1 aliphatic heterocycles. The van der Waals surface area contributed by atoms with Gasteiger partial charge in [-0.15, -0.1) is 0 Å². The highest BCUT2D eigenvalue weighted by Crippen LogP contribution is 2.37. The molecule has 0 saturated carbocycles. The largest absolute Gasteiger partial charge is 0.482 e. The van der Waals surface area contributed by atoms with Gasteiger partial charge in [0.05, 0.1) is 5.02 Å². The molecule has 1 aromatic heterocycles. The summed E-state index contributed by atoms with van der Waals surface area (Å²) in [5.74, 6) is -0.168. The van der Waals surface area contributed by atoms with Crippen molar-refractivity contribution in [3.8, 4) is 16.9 Å². The van der Waals surface area contributed by atoms with Crippen molar-refractivity contribution in [1.82, 2.24) is 15.2 Å². The van der Waals surface area contributed by atoms with Gasteiger partial charge in [0.25, 0.3) is 5.91 Å². The van der Waals surface area contributed by atoms with Crippen LogP contribution in [0.5, 0.6) is 5.75 Å². The smallest absolute Gasteiger partial charge is 0.251 e. The van der Waals surface area contributed by atoms with Crippen molar-refractivity contribution in [1.29, 1.82) is 0 Å². The number of nitrogens with one attached hydrogen (secondary N) is 1. The van der Waals surface area contributed by atoms with Gasteiger partial charge in [-0.25, -0.2) is 9.37 Å². The van der Waals surface area contributed by atoms with E-state index in [1.165, 1.54) is 12.1 Å². The van der Waals surface area contributed by atoms with Crippen LogP contribution >= 0.6 is 23.2 Å². The number of hydrogen-bond donors (Lipinski definition) is 2. The monoisotopic (exact) mass is 516 g/mol. The third kappa shape index (κ3) is 5.86. The lowest BCUT2D eigenvalue weighted by Crippen LogP contribution is -2.43. The molecule has 2 heterocycles. The number of nitrogens with zero attached hydrogens (tertiary/aromatic N) is 2. The highest BCUT2D eigenvalue weighted by molar-refractivity contribution is 6.36. The lowest BCUT2D eigenvalue weighted by molar-refractivity contribution is 0.0917. The minimum Gasteiger partial charge on any atom is -0.482 e. The Balaban J connectivity index is 1.48. The summed E-state index contributed by atoms with van der Waals surface area (Å²) >= 11 is 12.3. The molecule has 0 aliphatic carbocycles. The average Bonchev–Trinajstić information content (AvgIpc) is 2.84. The first-order chi connectivity index (χ1) is 16.7. The number of aromatic nitrogens is 1. The Bertz CT molecular complexity index is 1210. The summed E-state index contributed by atoms with van der Waals surface area (Å²) in [6.45, 7) is 3.67. The maximum atomic E-state index is 13.9. The van der Waals surface area contributed by atoms with Crippen molar-refractivity contribution in [2.75, 3.05) is 25.9 Å². The number of benzene rings is 2. The van der Waals surface area contributed by atoms with E-state index in [2.05, 4.69) is 22.2 Å². The molecule has 0 bridgehead atoms. The number of carbonyl (C=O) groups is 1. The van der Waals surface area contributed by atoms with Gasteiger partial charge in [-0.3, -0.25) is 4.79 Å². The number of amides is 1. The van der Waals surface area contributed by atoms with E-state index >= 15 is 0 Å². The fourth-order valence-electron chi connectivity index (χ4n) is 4.11. The van der Waals surface area contributed by atoms with Crippen LogP contribution < -0.4 is 15.8 Å². The first-order valence-corrected chi connectivity index (χ1v) is 12.1. The molecular weight excluding hydrogens is 490 g/mol. The first-order valence-electron chi connectivity index (χ1n) is 11.4. The third-order valence-corrected chi connectivity index (χ3v) is 6.92. The van der Waals surface area contributed by atoms with Gasteiger partial charge >= 0.3 is 0 Å². The number of halogens is 3. The Morgan fingerprint density at radius 2 is 1.86 bits per heavy atom. The van der Waals surface area contributed by atoms with E-state index < -0.39 is 11.9 Å². The summed E-state index contributed by atoms with van der Waals surface area (Å²) in [5.41, 5.74) is 8.55. The molecule has 4 rings (SSSR count). The topological polar surface area (TPSA) is 80.5 Å². The van der Waals surface area contributed by atoms with Crippen LogP contribution in [-0.4, -0.2) is 42.0 Å². The maximum Gasteiger partial charge on any atom is 0.251 e. The lowest BCUT2D eigenvalue weighted by Gasteiger charge is -2.29. The molecule has 1 fully saturated rings. The van der Waals surface area contributed by atoms with Crippen molar-refractivity contribution in [2.24, 2.45) is 0 Å². The fourth-order valence-corrected chi connectivity index (χ4v) is 4.79. The van der Waals surface area contributed by atoms with E-state index in [-0.39, 0.29) is 22.8 Å². The summed E-state index contributed by atoms with van der Waals surface area (Å²) in [7, 11) is 2.09. The average molecular weight is 517 g/mol. The van der Waals surface area contributed by atoms with E-state index in [9.17, 15) is 9.18 Å². The van der Waals surface area contributed by atoms with E-state index in [0.29, 0.717) is 21.9 Å². The molecule has 1 unspecified atom stereocenters. The predicted molar refractivity (Wildman–Crippen MR) is 138 cm³/mol. The van der Waals surface area contributed by atoms with Crippen molar-refractivity contribution >= 4 is 34.9 Å². The summed E-state index contributed by atoms with van der Waals surface area (Å²) in [5, 5.41) is 3.32. The number of likely N-dealkylation sites (tertiary alicyclic amines) is 1. The number of ether oxygens (including phenoxy) is 1. The minimum atomic E-state index is -0.671. The number of nitrogens with two attached hydrogens (primary N) is 1. The number of pyridine rings is 1. The second kappa shape index (κ2) is 10.8. The summed E-state index contributed by atoms with van der Waals surface area (Å²) in [6.07, 6.45) is 2.86. The lowest BCUT2D eigenvalue weighted by atomic mass is 10.0. The van der Waals surface area contributed by atoms with E-state index in [1.807, 2.05) is 12.1 Å². The molecule has 0 spiro atoms. The van der Waals surface area contributed by atoms with Crippen molar-refractivity contribution in [2.45, 2.75) is 31.9 Å².